The molecule has 2 aliphatic carbocycles. The molecule has 3 heteroatoms. The van der Waals surface area contributed by atoms with E-state index in [1.165, 1.54) is 24.0 Å². The summed E-state index contributed by atoms with van der Waals surface area (Å²) in [6.45, 7) is 7.69. The zero-order valence-electron chi connectivity index (χ0n) is 11.0. The van der Waals surface area contributed by atoms with Crippen LogP contribution in [-0.2, 0) is 19.2 Å². The summed E-state index contributed by atoms with van der Waals surface area (Å²) in [7, 11) is 0. The molecule has 2 aliphatic rings. The van der Waals surface area contributed by atoms with E-state index in [2.05, 4.69) is 37.5 Å². The molecule has 0 fully saturated rings. The van der Waals surface area contributed by atoms with Crippen LogP contribution in [0.2, 0.25) is 0 Å². The van der Waals surface area contributed by atoms with E-state index >= 15 is 0 Å². The largest absolute Gasteiger partial charge is 1.00 e. The van der Waals surface area contributed by atoms with Gasteiger partial charge >= 0.3 is 113 Å². The fraction of sp³-hybridized carbons (Fsp3) is 0.250. The third-order valence-electron chi connectivity index (χ3n) is 3.09. The molecular formula is C16H18Cl2Ti. The van der Waals surface area contributed by atoms with Crippen molar-refractivity contribution in [1.82, 2.24) is 0 Å². The molecule has 0 aromatic heterocycles. The second-order valence-electron chi connectivity index (χ2n) is 4.33. The Morgan fingerprint density at radius 3 is 1.68 bits per heavy atom. The van der Waals surface area contributed by atoms with Crippen molar-refractivity contribution in [3.63, 3.8) is 0 Å². The van der Waals surface area contributed by atoms with Crippen LogP contribution in [0.5, 0.6) is 0 Å². The van der Waals surface area contributed by atoms with E-state index in [-0.39, 0.29) is 44.0 Å². The van der Waals surface area contributed by atoms with E-state index in [4.69, 9.17) is 0 Å². The first kappa shape index (κ1) is 18.7. The van der Waals surface area contributed by atoms with Gasteiger partial charge in [-0.3, -0.25) is 0 Å². The van der Waals surface area contributed by atoms with Crippen molar-refractivity contribution in [2.24, 2.45) is 0 Å². The molecule has 0 aliphatic heterocycles. The van der Waals surface area contributed by atoms with Crippen LogP contribution < -0.4 is 24.8 Å². The van der Waals surface area contributed by atoms with Gasteiger partial charge in [0.1, 0.15) is 0 Å². The van der Waals surface area contributed by atoms with Crippen molar-refractivity contribution < 1.29 is 44.0 Å². The van der Waals surface area contributed by atoms with Gasteiger partial charge in [-0.25, -0.2) is 0 Å². The Hall–Kier alpha value is -0.266. The molecule has 0 radical (unpaired) electrons. The zero-order valence-corrected chi connectivity index (χ0v) is 14.0. The van der Waals surface area contributed by atoms with Crippen LogP contribution >= 0.6 is 0 Å². The number of halogens is 2. The van der Waals surface area contributed by atoms with E-state index in [0.29, 0.717) is 0 Å². The molecule has 2 rings (SSSR count). The van der Waals surface area contributed by atoms with Crippen molar-refractivity contribution in [2.45, 2.75) is 25.7 Å². The molecule has 0 aromatic rings. The maximum Gasteiger partial charge on any atom is -1.00 e. The first-order chi connectivity index (χ1) is 8.35. The van der Waals surface area contributed by atoms with E-state index < -0.39 is 0 Å². The van der Waals surface area contributed by atoms with E-state index in [1.807, 2.05) is 12.2 Å². The number of allylic oxidation sites excluding steroid dienone is 10. The summed E-state index contributed by atoms with van der Waals surface area (Å²) in [5.74, 6) is 0. The Morgan fingerprint density at radius 2 is 1.32 bits per heavy atom. The van der Waals surface area contributed by atoms with E-state index in [9.17, 15) is 0 Å². The first-order valence-electron chi connectivity index (χ1n) is 6.11. The Morgan fingerprint density at radius 1 is 0.895 bits per heavy atom. The summed E-state index contributed by atoms with van der Waals surface area (Å²) < 4.78 is 3.40. The molecule has 0 spiro atoms. The molecule has 19 heavy (non-hydrogen) atoms. The second kappa shape index (κ2) is 9.61. The van der Waals surface area contributed by atoms with Gasteiger partial charge in [0.2, 0.25) is 0 Å². The van der Waals surface area contributed by atoms with Gasteiger partial charge in [0.25, 0.3) is 0 Å². The summed E-state index contributed by atoms with van der Waals surface area (Å²) in [5.41, 5.74) is 3.05. The molecule has 0 amide bonds. The second-order valence-corrected chi connectivity index (χ2v) is 6.61. The maximum atomic E-state index is 3.84. The number of hydrogen-bond acceptors (Lipinski definition) is 0. The van der Waals surface area contributed by atoms with Crippen molar-refractivity contribution in [3.8, 4) is 0 Å². The van der Waals surface area contributed by atoms with Gasteiger partial charge in [0.05, 0.1) is 0 Å². The van der Waals surface area contributed by atoms with Gasteiger partial charge < -0.3 is 24.8 Å². The average Bonchev–Trinajstić information content (AvgIpc) is 2.92. The predicted octanol–water partition coefficient (Wildman–Crippen LogP) is -1.34. The van der Waals surface area contributed by atoms with Crippen molar-refractivity contribution in [3.05, 3.63) is 68.5 Å². The van der Waals surface area contributed by atoms with Gasteiger partial charge in [-0.15, -0.1) is 0 Å². The van der Waals surface area contributed by atoms with Gasteiger partial charge in [-0.2, -0.15) is 0 Å². The SMILES string of the molecule is C=CCC1=[C]([Ti+2][C]2=C(CC=C)C=CC2)CC=C1.[Cl-].[Cl-]. The third kappa shape index (κ3) is 4.97. The summed E-state index contributed by atoms with van der Waals surface area (Å²) in [5, 5.41) is 0. The van der Waals surface area contributed by atoms with E-state index in [1.54, 1.807) is 7.76 Å². The summed E-state index contributed by atoms with van der Waals surface area (Å²) in [4.78, 5) is 0. The summed E-state index contributed by atoms with van der Waals surface area (Å²) in [6.07, 6.45) is 17.6. The van der Waals surface area contributed by atoms with Crippen molar-refractivity contribution in [2.75, 3.05) is 0 Å². The van der Waals surface area contributed by atoms with Gasteiger partial charge in [0, 0.05) is 0 Å². The molecule has 0 saturated heterocycles. The monoisotopic (exact) mass is 328 g/mol. The standard InChI is InChI=1S/2C8H9.2ClH.Ti/c2*1-2-5-8-6-3-4-7-8;;;/h2*2-3,6H,1,4-5H2;2*1H;/q;;;;+2/p-2. The molecule has 0 saturated carbocycles. The van der Waals surface area contributed by atoms with Gasteiger partial charge in [0.15, 0.2) is 0 Å². The topological polar surface area (TPSA) is 0 Å². The molecule has 0 N–H and O–H groups in total. The fourth-order valence-corrected chi connectivity index (χ4v) is 4.58. The van der Waals surface area contributed by atoms with Gasteiger partial charge in [-0.05, 0) is 0 Å². The smallest absolute Gasteiger partial charge is 1.00 e. The van der Waals surface area contributed by atoms with Gasteiger partial charge in [-0.1, -0.05) is 0 Å². The normalized spacial score (nSPS) is 16.0. The minimum absolute atomic E-state index is 0. The molecule has 0 nitrogen and oxygen atoms in total. The Bertz CT molecular complexity index is 411. The van der Waals surface area contributed by atoms with Crippen molar-refractivity contribution in [1.29, 1.82) is 0 Å². The molecule has 0 unspecified atom stereocenters. The average molecular weight is 329 g/mol. The minimum Gasteiger partial charge on any atom is -1.00 e. The Balaban J connectivity index is 0.00000162. The molecule has 100 valence electrons. The maximum absolute atomic E-state index is 3.84. The van der Waals surface area contributed by atoms with Crippen LogP contribution in [0.25, 0.3) is 0 Å². The molecule has 0 atom stereocenters. The van der Waals surface area contributed by atoms with Crippen LogP contribution in [0.15, 0.2) is 68.5 Å². The minimum atomic E-state index is -0.0962. The van der Waals surface area contributed by atoms with Crippen LogP contribution in [0, 0.1) is 0 Å². The quantitative estimate of drug-likeness (QED) is 0.418. The Kier molecular flexibility index (Phi) is 9.47. The zero-order chi connectivity index (χ0) is 12.1. The van der Waals surface area contributed by atoms with Crippen LogP contribution in [0.4, 0.5) is 0 Å². The van der Waals surface area contributed by atoms with Crippen LogP contribution in [0.3, 0.4) is 0 Å². The van der Waals surface area contributed by atoms with Crippen LogP contribution in [-0.4, -0.2) is 0 Å². The molecule has 0 aromatic carbocycles. The molecule has 0 heterocycles. The predicted molar refractivity (Wildman–Crippen MR) is 71.2 cm³/mol. The van der Waals surface area contributed by atoms with Crippen LogP contribution in [0.1, 0.15) is 25.7 Å². The first-order valence-corrected chi connectivity index (χ1v) is 7.67. The molecule has 0 bridgehead atoms. The van der Waals surface area contributed by atoms with Crippen molar-refractivity contribution >= 4 is 0 Å². The molecular weight excluding hydrogens is 311 g/mol. The summed E-state index contributed by atoms with van der Waals surface area (Å²) in [6, 6.07) is 0. The van der Waals surface area contributed by atoms with E-state index in [0.717, 1.165) is 12.8 Å². The Labute approximate surface area is 137 Å². The fourth-order valence-electron chi connectivity index (χ4n) is 2.24. The number of hydrogen-bond donors (Lipinski definition) is 0. The third-order valence-corrected chi connectivity index (χ3v) is 5.67. The number of rotatable bonds is 6. The summed E-state index contributed by atoms with van der Waals surface area (Å²) >= 11 is -0.0962.